The third-order valence-electron chi connectivity index (χ3n) is 4.06. The minimum Gasteiger partial charge on any atom is -0.383 e. The van der Waals surface area contributed by atoms with Gasteiger partial charge >= 0.3 is 0 Å². The van der Waals surface area contributed by atoms with Gasteiger partial charge in [0.25, 0.3) is 0 Å². The molecule has 1 aromatic heterocycles. The molecule has 3 rings (SSSR count). The second-order valence-electron chi connectivity index (χ2n) is 5.56. The van der Waals surface area contributed by atoms with Gasteiger partial charge in [0.1, 0.15) is 10.8 Å². The summed E-state index contributed by atoms with van der Waals surface area (Å²) in [5.41, 5.74) is 7.25. The summed E-state index contributed by atoms with van der Waals surface area (Å²) < 4.78 is 4.30. The first kappa shape index (κ1) is 12.2. The monoisotopic (exact) mass is 266 g/mol. The van der Waals surface area contributed by atoms with Crippen molar-refractivity contribution in [2.45, 2.75) is 44.6 Å². The van der Waals surface area contributed by atoms with Crippen LogP contribution in [0.3, 0.4) is 0 Å². The summed E-state index contributed by atoms with van der Waals surface area (Å²) in [5, 5.41) is 4.78. The largest absolute Gasteiger partial charge is 0.383 e. The van der Waals surface area contributed by atoms with Gasteiger partial charge in [-0.15, -0.1) is 0 Å². The third kappa shape index (κ3) is 2.47. The Balaban J connectivity index is 1.59. The lowest BCUT2D eigenvalue weighted by Gasteiger charge is -2.24. The molecule has 0 bridgehead atoms. The second kappa shape index (κ2) is 5.05. The van der Waals surface area contributed by atoms with Gasteiger partial charge in [-0.2, -0.15) is 4.37 Å². The summed E-state index contributed by atoms with van der Waals surface area (Å²) in [6.45, 7) is 5.81. The summed E-state index contributed by atoms with van der Waals surface area (Å²) >= 11 is 1.52. The van der Waals surface area contributed by atoms with Gasteiger partial charge in [0.05, 0.1) is 0 Å². The maximum absolute atomic E-state index is 5.96. The molecule has 18 heavy (non-hydrogen) atoms. The molecule has 0 amide bonds. The number of rotatable bonds is 5. The first-order chi connectivity index (χ1) is 8.75. The van der Waals surface area contributed by atoms with Gasteiger partial charge in [0.15, 0.2) is 0 Å². The van der Waals surface area contributed by atoms with Crippen molar-refractivity contribution in [3.8, 4) is 0 Å². The predicted molar refractivity (Wildman–Crippen MR) is 77.3 cm³/mol. The molecule has 1 saturated heterocycles. The number of anilines is 2. The van der Waals surface area contributed by atoms with Crippen LogP contribution in [0.4, 0.5) is 10.8 Å². The molecule has 100 valence electrons. The van der Waals surface area contributed by atoms with Crippen molar-refractivity contribution >= 4 is 22.4 Å². The number of nitrogens with zero attached hydrogens (tertiary/aromatic N) is 2. The summed E-state index contributed by atoms with van der Waals surface area (Å²) in [6.07, 6.45) is 5.26. The van der Waals surface area contributed by atoms with E-state index in [1.165, 1.54) is 60.9 Å². The van der Waals surface area contributed by atoms with Crippen molar-refractivity contribution in [2.24, 2.45) is 0 Å². The molecule has 2 fully saturated rings. The Morgan fingerprint density at radius 3 is 2.83 bits per heavy atom. The number of nitrogens with one attached hydrogen (secondary N) is 1. The number of hydrogen-bond acceptors (Lipinski definition) is 5. The highest BCUT2D eigenvalue weighted by molar-refractivity contribution is 7.10. The molecule has 1 atom stereocenters. The molecule has 3 N–H and O–H groups in total. The zero-order valence-corrected chi connectivity index (χ0v) is 11.8. The zero-order valence-electron chi connectivity index (χ0n) is 11.0. The van der Waals surface area contributed by atoms with E-state index in [-0.39, 0.29) is 0 Å². The van der Waals surface area contributed by atoms with Crippen LogP contribution < -0.4 is 11.1 Å². The van der Waals surface area contributed by atoms with Crippen molar-refractivity contribution in [3.05, 3.63) is 5.56 Å². The standard InChI is InChI=1S/C13H22N4S/c1-9(17-6-2-3-7-17)8-15-13-11(10-4-5-10)12(14)16-18-13/h9-10,15H,2-8H2,1H3,(H2,14,16). The average molecular weight is 266 g/mol. The Labute approximate surface area is 113 Å². The highest BCUT2D eigenvalue weighted by Crippen LogP contribution is 2.47. The maximum atomic E-state index is 5.96. The van der Waals surface area contributed by atoms with E-state index in [0.29, 0.717) is 12.0 Å². The highest BCUT2D eigenvalue weighted by Gasteiger charge is 2.30. The second-order valence-corrected chi connectivity index (χ2v) is 6.33. The Bertz CT molecular complexity index is 407. The Morgan fingerprint density at radius 1 is 1.44 bits per heavy atom. The van der Waals surface area contributed by atoms with Gasteiger partial charge in [-0.25, -0.2) is 0 Å². The molecule has 0 radical (unpaired) electrons. The predicted octanol–water partition coefficient (Wildman–Crippen LogP) is 2.50. The van der Waals surface area contributed by atoms with Gasteiger partial charge in [0.2, 0.25) is 0 Å². The molecule has 5 heteroatoms. The van der Waals surface area contributed by atoms with E-state index >= 15 is 0 Å². The van der Waals surface area contributed by atoms with Crippen molar-refractivity contribution in [1.29, 1.82) is 0 Å². The quantitative estimate of drug-likeness (QED) is 0.860. The number of nitrogen functional groups attached to an aromatic ring is 1. The van der Waals surface area contributed by atoms with Crippen LogP contribution >= 0.6 is 11.5 Å². The zero-order chi connectivity index (χ0) is 12.5. The first-order valence-corrected chi connectivity index (χ1v) is 7.76. The van der Waals surface area contributed by atoms with Gasteiger partial charge < -0.3 is 11.1 Å². The normalized spacial score (nSPS) is 22.3. The van der Waals surface area contributed by atoms with E-state index in [4.69, 9.17) is 5.73 Å². The van der Waals surface area contributed by atoms with Crippen molar-refractivity contribution in [3.63, 3.8) is 0 Å². The summed E-state index contributed by atoms with van der Waals surface area (Å²) in [4.78, 5) is 2.56. The van der Waals surface area contributed by atoms with Gasteiger partial charge in [-0.05, 0) is 63.1 Å². The summed E-state index contributed by atoms with van der Waals surface area (Å²) in [6, 6.07) is 0.600. The van der Waals surface area contributed by atoms with Crippen LogP contribution in [0.15, 0.2) is 0 Å². The van der Waals surface area contributed by atoms with Crippen LogP contribution in [0.2, 0.25) is 0 Å². The fourth-order valence-electron chi connectivity index (χ4n) is 2.76. The summed E-state index contributed by atoms with van der Waals surface area (Å²) in [7, 11) is 0. The fraction of sp³-hybridized carbons (Fsp3) is 0.769. The molecule has 1 saturated carbocycles. The lowest BCUT2D eigenvalue weighted by Crippen LogP contribution is -2.35. The number of likely N-dealkylation sites (tertiary alicyclic amines) is 1. The Kier molecular flexibility index (Phi) is 3.43. The van der Waals surface area contributed by atoms with Crippen molar-refractivity contribution in [1.82, 2.24) is 9.27 Å². The Morgan fingerprint density at radius 2 is 2.17 bits per heavy atom. The van der Waals surface area contributed by atoms with Crippen LogP contribution in [0.5, 0.6) is 0 Å². The average Bonchev–Trinajstić information content (AvgIpc) is 2.92. The smallest absolute Gasteiger partial charge is 0.142 e. The molecule has 4 nitrogen and oxygen atoms in total. The first-order valence-electron chi connectivity index (χ1n) is 6.98. The number of aromatic nitrogens is 1. The number of nitrogens with two attached hydrogens (primary N) is 1. The van der Waals surface area contributed by atoms with E-state index in [1.54, 1.807) is 0 Å². The molecule has 1 aromatic rings. The van der Waals surface area contributed by atoms with E-state index in [1.807, 2.05) is 0 Å². The van der Waals surface area contributed by atoms with Crippen LogP contribution in [-0.4, -0.2) is 34.9 Å². The maximum Gasteiger partial charge on any atom is 0.142 e. The van der Waals surface area contributed by atoms with Crippen LogP contribution in [0.25, 0.3) is 0 Å². The van der Waals surface area contributed by atoms with Crippen LogP contribution in [-0.2, 0) is 0 Å². The van der Waals surface area contributed by atoms with E-state index in [2.05, 4.69) is 21.5 Å². The molecule has 0 spiro atoms. The van der Waals surface area contributed by atoms with Crippen LogP contribution in [0, 0.1) is 0 Å². The molecule has 0 aromatic carbocycles. The third-order valence-corrected chi connectivity index (χ3v) is 4.90. The van der Waals surface area contributed by atoms with Gasteiger partial charge in [-0.1, -0.05) is 0 Å². The van der Waals surface area contributed by atoms with Crippen molar-refractivity contribution in [2.75, 3.05) is 30.7 Å². The molecule has 2 aliphatic rings. The van der Waals surface area contributed by atoms with Crippen molar-refractivity contribution < 1.29 is 0 Å². The summed E-state index contributed by atoms with van der Waals surface area (Å²) in [5.74, 6) is 1.42. The molecule has 2 heterocycles. The van der Waals surface area contributed by atoms with Crippen LogP contribution in [0.1, 0.15) is 44.1 Å². The minimum absolute atomic E-state index is 0.600. The molecule has 1 aliphatic carbocycles. The van der Waals surface area contributed by atoms with E-state index in [9.17, 15) is 0 Å². The lowest BCUT2D eigenvalue weighted by atomic mass is 10.2. The Hall–Kier alpha value is -0.810. The van der Waals surface area contributed by atoms with Gasteiger partial charge in [-0.3, -0.25) is 4.90 Å². The van der Waals surface area contributed by atoms with E-state index < -0.39 is 0 Å². The minimum atomic E-state index is 0.600. The van der Waals surface area contributed by atoms with Gasteiger partial charge in [0, 0.05) is 18.2 Å². The lowest BCUT2D eigenvalue weighted by molar-refractivity contribution is 0.269. The highest BCUT2D eigenvalue weighted by atomic mass is 32.1. The fourth-order valence-corrected chi connectivity index (χ4v) is 3.56. The molecule has 1 unspecified atom stereocenters. The SMILES string of the molecule is CC(CNc1snc(N)c1C1CC1)N1CCCC1. The molecular weight excluding hydrogens is 244 g/mol. The number of hydrogen-bond donors (Lipinski definition) is 2. The topological polar surface area (TPSA) is 54.2 Å². The molecule has 1 aliphatic heterocycles. The van der Waals surface area contributed by atoms with E-state index in [0.717, 1.165) is 12.4 Å². The molecular formula is C13H22N4S.